The third-order valence-corrected chi connectivity index (χ3v) is 3.77. The SMILES string of the molecule is Cc1cc(C(=O)Nc2ccc3c(c2)CNCC3)ccc1F. The standard InChI is InChI=1S/C17H17FN2O/c1-11-8-13(3-5-16(11)18)17(21)20-15-4-2-12-6-7-19-10-14(12)9-15/h2-5,8-9,19H,6-7,10H2,1H3,(H,20,21). The molecule has 0 radical (unpaired) electrons. The van der Waals surface area contributed by atoms with Gasteiger partial charge in [-0.1, -0.05) is 6.07 Å². The van der Waals surface area contributed by atoms with Crippen molar-refractivity contribution in [2.24, 2.45) is 0 Å². The second-order valence-electron chi connectivity index (χ2n) is 5.33. The first-order valence-corrected chi connectivity index (χ1v) is 7.03. The van der Waals surface area contributed by atoms with E-state index in [9.17, 15) is 9.18 Å². The van der Waals surface area contributed by atoms with Gasteiger partial charge in [0.05, 0.1) is 0 Å². The molecule has 0 saturated carbocycles. The Bertz CT molecular complexity index is 697. The molecule has 0 unspecified atom stereocenters. The summed E-state index contributed by atoms with van der Waals surface area (Å²) in [6.07, 6.45) is 1.01. The van der Waals surface area contributed by atoms with E-state index in [0.717, 1.165) is 25.2 Å². The smallest absolute Gasteiger partial charge is 0.255 e. The zero-order valence-electron chi connectivity index (χ0n) is 11.9. The van der Waals surface area contributed by atoms with Crippen molar-refractivity contribution in [3.63, 3.8) is 0 Å². The maximum Gasteiger partial charge on any atom is 0.255 e. The summed E-state index contributed by atoms with van der Waals surface area (Å²) in [5.41, 5.74) is 4.24. The van der Waals surface area contributed by atoms with Crippen molar-refractivity contribution in [3.8, 4) is 0 Å². The summed E-state index contributed by atoms with van der Waals surface area (Å²) in [6, 6.07) is 10.3. The first-order chi connectivity index (χ1) is 10.1. The molecule has 2 aromatic rings. The van der Waals surface area contributed by atoms with Crippen LogP contribution in [0.15, 0.2) is 36.4 Å². The van der Waals surface area contributed by atoms with Crippen molar-refractivity contribution in [2.45, 2.75) is 19.9 Å². The monoisotopic (exact) mass is 284 g/mol. The third kappa shape index (κ3) is 2.95. The molecule has 0 bridgehead atoms. The Morgan fingerprint density at radius 3 is 2.86 bits per heavy atom. The first kappa shape index (κ1) is 13.8. The van der Waals surface area contributed by atoms with Crippen molar-refractivity contribution in [1.82, 2.24) is 5.32 Å². The number of hydrogen-bond acceptors (Lipinski definition) is 2. The topological polar surface area (TPSA) is 41.1 Å². The largest absolute Gasteiger partial charge is 0.322 e. The van der Waals surface area contributed by atoms with Crippen LogP contribution in [0, 0.1) is 12.7 Å². The highest BCUT2D eigenvalue weighted by atomic mass is 19.1. The van der Waals surface area contributed by atoms with Crippen LogP contribution >= 0.6 is 0 Å². The van der Waals surface area contributed by atoms with E-state index in [-0.39, 0.29) is 11.7 Å². The maximum absolute atomic E-state index is 13.2. The minimum atomic E-state index is -0.300. The zero-order valence-corrected chi connectivity index (χ0v) is 11.9. The van der Waals surface area contributed by atoms with Crippen LogP contribution in [0.1, 0.15) is 27.0 Å². The summed E-state index contributed by atoms with van der Waals surface area (Å²) < 4.78 is 13.2. The molecule has 0 atom stereocenters. The van der Waals surface area contributed by atoms with Crippen LogP contribution in [0.25, 0.3) is 0 Å². The molecule has 4 heteroatoms. The Balaban J connectivity index is 1.79. The summed E-state index contributed by atoms with van der Waals surface area (Å²) in [7, 11) is 0. The van der Waals surface area contributed by atoms with Gasteiger partial charge in [0.2, 0.25) is 0 Å². The second kappa shape index (κ2) is 5.66. The quantitative estimate of drug-likeness (QED) is 0.890. The summed E-state index contributed by atoms with van der Waals surface area (Å²) in [6.45, 7) is 3.47. The predicted octanol–water partition coefficient (Wildman–Crippen LogP) is 3.03. The number of rotatable bonds is 2. The van der Waals surface area contributed by atoms with Gasteiger partial charge in [0, 0.05) is 17.8 Å². The molecule has 0 aliphatic carbocycles. The minimum Gasteiger partial charge on any atom is -0.322 e. The Morgan fingerprint density at radius 1 is 1.19 bits per heavy atom. The molecule has 0 spiro atoms. The lowest BCUT2D eigenvalue weighted by atomic mass is 10.0. The van der Waals surface area contributed by atoms with Crippen molar-refractivity contribution < 1.29 is 9.18 Å². The number of aryl methyl sites for hydroxylation is 1. The molecule has 1 heterocycles. The van der Waals surface area contributed by atoms with E-state index in [1.54, 1.807) is 13.0 Å². The molecule has 1 aliphatic rings. The number of carbonyl (C=O) groups excluding carboxylic acids is 1. The Hall–Kier alpha value is -2.20. The summed E-state index contributed by atoms with van der Waals surface area (Å²) in [5.74, 6) is -0.520. The molecule has 3 rings (SSSR count). The molecule has 0 saturated heterocycles. The first-order valence-electron chi connectivity index (χ1n) is 7.03. The Morgan fingerprint density at radius 2 is 2.05 bits per heavy atom. The molecule has 1 aliphatic heterocycles. The summed E-state index contributed by atoms with van der Waals surface area (Å²) >= 11 is 0. The number of carbonyl (C=O) groups is 1. The molecule has 2 aromatic carbocycles. The van der Waals surface area contributed by atoms with Gasteiger partial charge in [-0.2, -0.15) is 0 Å². The molecule has 21 heavy (non-hydrogen) atoms. The Kier molecular flexibility index (Phi) is 3.71. The normalized spacial score (nSPS) is 13.6. The minimum absolute atomic E-state index is 0.221. The van der Waals surface area contributed by atoms with Crippen molar-refractivity contribution in [1.29, 1.82) is 0 Å². The van der Waals surface area contributed by atoms with Gasteiger partial charge in [-0.15, -0.1) is 0 Å². The van der Waals surface area contributed by atoms with Gasteiger partial charge in [0.25, 0.3) is 5.91 Å². The fourth-order valence-corrected chi connectivity index (χ4v) is 2.55. The average molecular weight is 284 g/mol. The maximum atomic E-state index is 13.2. The number of nitrogens with one attached hydrogen (secondary N) is 2. The van der Waals surface area contributed by atoms with Crippen LogP contribution in [-0.2, 0) is 13.0 Å². The number of benzene rings is 2. The number of fused-ring (bicyclic) bond motifs is 1. The van der Waals surface area contributed by atoms with E-state index < -0.39 is 0 Å². The fourth-order valence-electron chi connectivity index (χ4n) is 2.55. The lowest BCUT2D eigenvalue weighted by molar-refractivity contribution is 0.102. The predicted molar refractivity (Wildman–Crippen MR) is 80.9 cm³/mol. The second-order valence-corrected chi connectivity index (χ2v) is 5.33. The summed E-state index contributed by atoms with van der Waals surface area (Å²) in [4.78, 5) is 12.2. The molecule has 108 valence electrons. The van der Waals surface area contributed by atoms with Crippen molar-refractivity contribution in [3.05, 3.63) is 64.5 Å². The molecule has 0 aromatic heterocycles. The van der Waals surface area contributed by atoms with E-state index >= 15 is 0 Å². The molecular weight excluding hydrogens is 267 g/mol. The molecule has 0 fully saturated rings. The highest BCUT2D eigenvalue weighted by Gasteiger charge is 2.12. The van der Waals surface area contributed by atoms with Crippen molar-refractivity contribution in [2.75, 3.05) is 11.9 Å². The van der Waals surface area contributed by atoms with Crippen LogP contribution in [0.5, 0.6) is 0 Å². The lowest BCUT2D eigenvalue weighted by Gasteiger charge is -2.18. The van der Waals surface area contributed by atoms with Crippen LogP contribution < -0.4 is 10.6 Å². The molecule has 1 amide bonds. The van der Waals surface area contributed by atoms with E-state index in [1.165, 1.54) is 23.3 Å². The Labute approximate surface area is 123 Å². The number of halogens is 1. The van der Waals surface area contributed by atoms with Gasteiger partial charge in [0.1, 0.15) is 5.82 Å². The lowest BCUT2D eigenvalue weighted by Crippen LogP contribution is -2.23. The summed E-state index contributed by atoms with van der Waals surface area (Å²) in [5, 5.41) is 6.18. The average Bonchev–Trinajstić information content (AvgIpc) is 2.50. The van der Waals surface area contributed by atoms with Gasteiger partial charge >= 0.3 is 0 Å². The third-order valence-electron chi connectivity index (χ3n) is 3.77. The molecular formula is C17H17FN2O. The molecule has 3 nitrogen and oxygen atoms in total. The van der Waals surface area contributed by atoms with Crippen LogP contribution in [0.2, 0.25) is 0 Å². The van der Waals surface area contributed by atoms with Crippen LogP contribution in [0.3, 0.4) is 0 Å². The van der Waals surface area contributed by atoms with E-state index in [4.69, 9.17) is 0 Å². The highest BCUT2D eigenvalue weighted by molar-refractivity contribution is 6.04. The van der Waals surface area contributed by atoms with Gasteiger partial charge in [0.15, 0.2) is 0 Å². The van der Waals surface area contributed by atoms with E-state index in [0.29, 0.717) is 11.1 Å². The van der Waals surface area contributed by atoms with Gasteiger partial charge < -0.3 is 10.6 Å². The number of amides is 1. The number of anilines is 1. The fraction of sp³-hybridized carbons (Fsp3) is 0.235. The highest BCUT2D eigenvalue weighted by Crippen LogP contribution is 2.20. The van der Waals surface area contributed by atoms with Gasteiger partial charge in [-0.05, 0) is 66.9 Å². The van der Waals surface area contributed by atoms with Crippen LogP contribution in [-0.4, -0.2) is 12.5 Å². The van der Waals surface area contributed by atoms with E-state index in [1.807, 2.05) is 12.1 Å². The zero-order chi connectivity index (χ0) is 14.8. The van der Waals surface area contributed by atoms with Crippen molar-refractivity contribution >= 4 is 11.6 Å². The van der Waals surface area contributed by atoms with Crippen LogP contribution in [0.4, 0.5) is 10.1 Å². The number of hydrogen-bond donors (Lipinski definition) is 2. The molecule has 2 N–H and O–H groups in total. The van der Waals surface area contributed by atoms with Gasteiger partial charge in [-0.3, -0.25) is 4.79 Å². The van der Waals surface area contributed by atoms with Gasteiger partial charge in [-0.25, -0.2) is 4.39 Å². The van der Waals surface area contributed by atoms with E-state index in [2.05, 4.69) is 16.7 Å².